The van der Waals surface area contributed by atoms with Gasteiger partial charge in [0.1, 0.15) is 31.1 Å². The number of hydrogen-bond acceptors (Lipinski definition) is 6. The molecule has 0 radical (unpaired) electrons. The minimum atomic E-state index is -0.944. The molecule has 3 amide bonds. The van der Waals surface area contributed by atoms with Crippen molar-refractivity contribution in [3.8, 4) is 0 Å². The van der Waals surface area contributed by atoms with Crippen LogP contribution in [0.25, 0.3) is 0 Å². The Labute approximate surface area is 165 Å². The van der Waals surface area contributed by atoms with Crippen molar-refractivity contribution in [3.05, 3.63) is 47.8 Å². The number of carbonyl (C=O) groups excluding carboxylic acids is 4. The molecule has 0 bridgehead atoms. The fourth-order valence-corrected chi connectivity index (χ4v) is 3.08. The predicted molar refractivity (Wildman–Crippen MR) is 96.0 cm³/mol. The first-order valence-electron chi connectivity index (χ1n) is 9.02. The Morgan fingerprint density at radius 2 is 2.10 bits per heavy atom. The molecule has 0 spiro atoms. The third-order valence-corrected chi connectivity index (χ3v) is 4.63. The van der Waals surface area contributed by atoms with Gasteiger partial charge in [0.05, 0.1) is 6.42 Å². The summed E-state index contributed by atoms with van der Waals surface area (Å²) in [5, 5.41) is 13.0. The minimum absolute atomic E-state index is 0.0705. The van der Waals surface area contributed by atoms with Gasteiger partial charge in [0.25, 0.3) is 11.8 Å². The number of esters is 1. The highest BCUT2D eigenvalue weighted by molar-refractivity contribution is 5.98. The topological polar surface area (TPSA) is 116 Å². The zero-order valence-corrected chi connectivity index (χ0v) is 15.4. The van der Waals surface area contributed by atoms with Crippen LogP contribution in [-0.4, -0.2) is 70.6 Å². The van der Waals surface area contributed by atoms with Crippen LogP contribution in [0.1, 0.15) is 23.2 Å². The molecule has 2 N–H and O–H groups in total. The van der Waals surface area contributed by atoms with Gasteiger partial charge in [-0.15, -0.1) is 0 Å². The molecule has 2 aliphatic heterocycles. The van der Waals surface area contributed by atoms with E-state index in [4.69, 9.17) is 4.74 Å². The fourth-order valence-electron chi connectivity index (χ4n) is 3.08. The SMILES string of the molecule is O=C1CC(N(O)C(=O)CN2CC=CCC(NC(=O)c3cccc(F)c3)C2=O)CO1. The van der Waals surface area contributed by atoms with Crippen molar-refractivity contribution < 1.29 is 33.5 Å². The number of nitrogens with zero attached hydrogens (tertiary/aromatic N) is 2. The van der Waals surface area contributed by atoms with Gasteiger partial charge < -0.3 is 15.0 Å². The third kappa shape index (κ3) is 4.96. The quantitative estimate of drug-likeness (QED) is 0.314. The van der Waals surface area contributed by atoms with Crippen LogP contribution >= 0.6 is 0 Å². The van der Waals surface area contributed by atoms with Crippen molar-refractivity contribution in [2.75, 3.05) is 19.7 Å². The Kier molecular flexibility index (Phi) is 6.23. The minimum Gasteiger partial charge on any atom is -0.463 e. The number of nitrogens with one attached hydrogen (secondary N) is 1. The van der Waals surface area contributed by atoms with Crippen LogP contribution in [0.4, 0.5) is 4.39 Å². The van der Waals surface area contributed by atoms with Crippen molar-refractivity contribution in [2.24, 2.45) is 0 Å². The molecule has 1 aromatic rings. The van der Waals surface area contributed by atoms with Gasteiger partial charge in [0.15, 0.2) is 0 Å². The highest BCUT2D eigenvalue weighted by Gasteiger charge is 2.34. The summed E-state index contributed by atoms with van der Waals surface area (Å²) in [6, 6.07) is 3.33. The Balaban J connectivity index is 1.63. The first-order valence-corrected chi connectivity index (χ1v) is 9.02. The lowest BCUT2D eigenvalue weighted by molar-refractivity contribution is -0.177. The average Bonchev–Trinajstić information content (AvgIpc) is 3.06. The molecule has 0 saturated carbocycles. The van der Waals surface area contributed by atoms with Gasteiger partial charge in [-0.2, -0.15) is 0 Å². The van der Waals surface area contributed by atoms with E-state index < -0.39 is 48.1 Å². The van der Waals surface area contributed by atoms with Crippen LogP contribution in [0, 0.1) is 5.82 Å². The number of rotatable bonds is 5. The molecule has 2 atom stereocenters. The number of hydrogen-bond donors (Lipinski definition) is 2. The van der Waals surface area contributed by atoms with E-state index in [1.165, 1.54) is 23.1 Å². The van der Waals surface area contributed by atoms with E-state index in [0.29, 0.717) is 5.06 Å². The first-order chi connectivity index (χ1) is 13.8. The Hall–Kier alpha value is -3.27. The number of hydroxylamine groups is 2. The maximum atomic E-state index is 13.3. The van der Waals surface area contributed by atoms with E-state index in [1.54, 1.807) is 12.2 Å². The standard InChI is InChI=1S/C19H20FN3O6/c20-13-5-3-4-12(8-13)18(26)21-15-6-1-2-7-22(19(15)27)10-16(24)23(28)14-9-17(25)29-11-14/h1-5,8,14-15,28H,6-7,9-11H2,(H,21,26). The first kappa shape index (κ1) is 20.5. The molecule has 10 heteroatoms. The van der Waals surface area contributed by atoms with Crippen molar-refractivity contribution in [3.63, 3.8) is 0 Å². The van der Waals surface area contributed by atoms with Crippen LogP contribution in [0.3, 0.4) is 0 Å². The molecule has 29 heavy (non-hydrogen) atoms. The Bertz CT molecular complexity index is 858. The molecule has 3 rings (SSSR count). The van der Waals surface area contributed by atoms with Gasteiger partial charge in [0, 0.05) is 12.1 Å². The molecule has 0 aliphatic carbocycles. The van der Waals surface area contributed by atoms with Gasteiger partial charge >= 0.3 is 5.97 Å². The van der Waals surface area contributed by atoms with E-state index in [0.717, 1.165) is 6.07 Å². The van der Waals surface area contributed by atoms with Crippen LogP contribution in [-0.2, 0) is 19.1 Å². The molecule has 1 aromatic carbocycles. The lowest BCUT2D eigenvalue weighted by atomic mass is 10.1. The second-order valence-corrected chi connectivity index (χ2v) is 6.74. The van der Waals surface area contributed by atoms with E-state index in [1.807, 2.05) is 0 Å². The number of halogens is 1. The number of amides is 3. The number of carbonyl (C=O) groups is 4. The molecule has 154 valence electrons. The zero-order chi connectivity index (χ0) is 21.0. The third-order valence-electron chi connectivity index (χ3n) is 4.63. The van der Waals surface area contributed by atoms with Gasteiger partial charge in [-0.3, -0.25) is 24.4 Å². The van der Waals surface area contributed by atoms with Gasteiger partial charge in [-0.05, 0) is 24.6 Å². The van der Waals surface area contributed by atoms with Crippen LogP contribution in [0.5, 0.6) is 0 Å². The molecule has 2 heterocycles. The smallest absolute Gasteiger partial charge is 0.308 e. The Morgan fingerprint density at radius 3 is 2.79 bits per heavy atom. The molecule has 1 fully saturated rings. The summed E-state index contributed by atoms with van der Waals surface area (Å²) in [4.78, 5) is 49.7. The van der Waals surface area contributed by atoms with E-state index in [9.17, 15) is 28.8 Å². The lowest BCUT2D eigenvalue weighted by Crippen LogP contribution is -2.51. The summed E-state index contributed by atoms with van der Waals surface area (Å²) in [6.45, 7) is -0.428. The summed E-state index contributed by atoms with van der Waals surface area (Å²) in [5.41, 5.74) is 0.0705. The van der Waals surface area contributed by atoms with Crippen molar-refractivity contribution in [1.29, 1.82) is 0 Å². The van der Waals surface area contributed by atoms with E-state index in [-0.39, 0.29) is 31.6 Å². The van der Waals surface area contributed by atoms with Crippen molar-refractivity contribution in [2.45, 2.75) is 24.9 Å². The maximum absolute atomic E-state index is 13.3. The van der Waals surface area contributed by atoms with Crippen molar-refractivity contribution in [1.82, 2.24) is 15.3 Å². The summed E-state index contributed by atoms with van der Waals surface area (Å²) in [5.74, 6) is -2.99. The molecule has 0 aromatic heterocycles. The summed E-state index contributed by atoms with van der Waals surface area (Å²) in [7, 11) is 0. The highest BCUT2D eigenvalue weighted by atomic mass is 19.1. The summed E-state index contributed by atoms with van der Waals surface area (Å²) >= 11 is 0. The number of cyclic esters (lactones) is 1. The second-order valence-electron chi connectivity index (χ2n) is 6.74. The predicted octanol–water partition coefficient (Wildman–Crippen LogP) is 0.246. The second kappa shape index (κ2) is 8.82. The molecule has 9 nitrogen and oxygen atoms in total. The summed E-state index contributed by atoms with van der Waals surface area (Å²) in [6.07, 6.45) is 3.45. The van der Waals surface area contributed by atoms with Gasteiger partial charge in [-0.1, -0.05) is 18.2 Å². The number of benzene rings is 1. The van der Waals surface area contributed by atoms with Crippen molar-refractivity contribution >= 4 is 23.7 Å². The lowest BCUT2D eigenvalue weighted by Gasteiger charge is -2.27. The van der Waals surface area contributed by atoms with E-state index >= 15 is 0 Å². The molecule has 1 saturated heterocycles. The molecule has 2 aliphatic rings. The van der Waals surface area contributed by atoms with Crippen LogP contribution in [0.2, 0.25) is 0 Å². The average molecular weight is 405 g/mol. The largest absolute Gasteiger partial charge is 0.463 e. The fraction of sp³-hybridized carbons (Fsp3) is 0.368. The normalized spacial score (nSPS) is 21.5. The maximum Gasteiger partial charge on any atom is 0.308 e. The van der Waals surface area contributed by atoms with Crippen LogP contribution in [0.15, 0.2) is 36.4 Å². The number of ether oxygens (including phenoxy) is 1. The molecular formula is C19H20FN3O6. The zero-order valence-electron chi connectivity index (χ0n) is 15.4. The molecule has 2 unspecified atom stereocenters. The van der Waals surface area contributed by atoms with E-state index in [2.05, 4.69) is 5.32 Å². The monoisotopic (exact) mass is 405 g/mol. The Morgan fingerprint density at radius 1 is 1.31 bits per heavy atom. The van der Waals surface area contributed by atoms with Crippen LogP contribution < -0.4 is 5.32 Å². The van der Waals surface area contributed by atoms with Gasteiger partial charge in [-0.25, -0.2) is 9.45 Å². The highest BCUT2D eigenvalue weighted by Crippen LogP contribution is 2.14. The van der Waals surface area contributed by atoms with Gasteiger partial charge in [0.2, 0.25) is 5.91 Å². The summed E-state index contributed by atoms with van der Waals surface area (Å²) < 4.78 is 18.0. The molecular weight excluding hydrogens is 385 g/mol.